The van der Waals surface area contributed by atoms with Gasteiger partial charge in [-0.15, -0.1) is 0 Å². The summed E-state index contributed by atoms with van der Waals surface area (Å²) < 4.78 is 25.1. The lowest BCUT2D eigenvalue weighted by Gasteiger charge is -2.35. The average Bonchev–Trinajstić information content (AvgIpc) is 2.62. The summed E-state index contributed by atoms with van der Waals surface area (Å²) in [5, 5.41) is 9.04. The summed E-state index contributed by atoms with van der Waals surface area (Å²) in [4.78, 5) is 11.5. The predicted octanol–water partition coefficient (Wildman–Crippen LogP) is 1.50. The molecule has 0 radical (unpaired) electrons. The van der Waals surface area contributed by atoms with Crippen molar-refractivity contribution in [1.29, 1.82) is 0 Å². The van der Waals surface area contributed by atoms with Crippen LogP contribution in [0, 0.1) is 0 Å². The third-order valence-electron chi connectivity index (χ3n) is 2.67. The maximum absolute atomic E-state index is 12.5. The highest BCUT2D eigenvalue weighted by molar-refractivity contribution is 5.92. The zero-order valence-corrected chi connectivity index (χ0v) is 8.89. The number of hydrogen-bond acceptors (Lipinski definition) is 2. The van der Waals surface area contributed by atoms with Gasteiger partial charge in [0.2, 0.25) is 0 Å². The lowest BCUT2D eigenvalue weighted by Crippen LogP contribution is -2.50. The first-order valence-electron chi connectivity index (χ1n) is 5.23. The van der Waals surface area contributed by atoms with Crippen molar-refractivity contribution in [1.82, 2.24) is 15.5 Å². The molecular formula is C10H13F2N3O. The van der Waals surface area contributed by atoms with Crippen molar-refractivity contribution < 1.29 is 13.6 Å². The first kappa shape index (κ1) is 11.0. The molecule has 16 heavy (non-hydrogen) atoms. The number of hydrogen-bond donors (Lipinski definition) is 2. The number of H-pyrrole nitrogens is 1. The summed E-state index contributed by atoms with van der Waals surface area (Å²) >= 11 is 0. The van der Waals surface area contributed by atoms with E-state index in [2.05, 4.69) is 15.5 Å². The molecule has 0 spiro atoms. The normalized spacial score (nSPS) is 19.2. The first-order chi connectivity index (χ1) is 7.50. The van der Waals surface area contributed by atoms with Crippen LogP contribution in [0.2, 0.25) is 0 Å². The van der Waals surface area contributed by atoms with Crippen LogP contribution < -0.4 is 5.32 Å². The van der Waals surface area contributed by atoms with Crippen molar-refractivity contribution in [3.05, 3.63) is 17.5 Å². The lowest BCUT2D eigenvalue weighted by molar-refractivity contribution is -0.0901. The highest BCUT2D eigenvalue weighted by Gasteiger charge is 2.46. The molecule has 1 heterocycles. The van der Waals surface area contributed by atoms with Gasteiger partial charge in [-0.3, -0.25) is 9.89 Å². The molecule has 1 amide bonds. The SMILES string of the molecule is CCc1cc(C(=O)NC2CC(F)(F)C2)n[nH]1. The summed E-state index contributed by atoms with van der Waals surface area (Å²) in [6.45, 7) is 1.93. The molecule has 0 bridgehead atoms. The largest absolute Gasteiger partial charge is 0.347 e. The van der Waals surface area contributed by atoms with Gasteiger partial charge in [0.1, 0.15) is 5.69 Å². The fourth-order valence-electron chi connectivity index (χ4n) is 1.68. The van der Waals surface area contributed by atoms with Gasteiger partial charge < -0.3 is 5.32 Å². The van der Waals surface area contributed by atoms with Gasteiger partial charge in [-0.1, -0.05) is 6.92 Å². The van der Waals surface area contributed by atoms with E-state index in [-0.39, 0.29) is 18.5 Å². The predicted molar refractivity (Wildman–Crippen MR) is 53.4 cm³/mol. The molecule has 6 heteroatoms. The molecule has 1 aliphatic rings. The van der Waals surface area contributed by atoms with Crippen molar-refractivity contribution in [2.45, 2.75) is 38.2 Å². The van der Waals surface area contributed by atoms with Gasteiger partial charge in [0.15, 0.2) is 0 Å². The van der Waals surface area contributed by atoms with Crippen molar-refractivity contribution >= 4 is 5.91 Å². The minimum Gasteiger partial charge on any atom is -0.347 e. The molecule has 1 aromatic rings. The molecular weight excluding hydrogens is 216 g/mol. The number of amides is 1. The molecule has 0 aromatic carbocycles. The smallest absolute Gasteiger partial charge is 0.272 e. The van der Waals surface area contributed by atoms with Crippen LogP contribution >= 0.6 is 0 Å². The second-order valence-electron chi connectivity index (χ2n) is 4.07. The van der Waals surface area contributed by atoms with Crippen molar-refractivity contribution in [3.63, 3.8) is 0 Å². The molecule has 88 valence electrons. The molecule has 0 unspecified atom stereocenters. The highest BCUT2D eigenvalue weighted by Crippen LogP contribution is 2.37. The third kappa shape index (κ3) is 2.20. The molecule has 2 rings (SSSR count). The molecule has 2 N–H and O–H groups in total. The summed E-state index contributed by atoms with van der Waals surface area (Å²) in [7, 11) is 0. The Morgan fingerprint density at radius 3 is 2.88 bits per heavy atom. The molecule has 4 nitrogen and oxygen atoms in total. The van der Waals surface area contributed by atoms with Crippen LogP contribution in [0.15, 0.2) is 6.07 Å². The van der Waals surface area contributed by atoms with Gasteiger partial charge in [0.05, 0.1) is 0 Å². The summed E-state index contributed by atoms with van der Waals surface area (Å²) in [5.41, 5.74) is 1.11. The van der Waals surface area contributed by atoms with E-state index >= 15 is 0 Å². The molecule has 1 fully saturated rings. The van der Waals surface area contributed by atoms with Gasteiger partial charge in [-0.2, -0.15) is 5.10 Å². The number of aromatic amines is 1. The van der Waals surface area contributed by atoms with Crippen LogP contribution in [0.1, 0.15) is 35.9 Å². The quantitative estimate of drug-likeness (QED) is 0.825. The van der Waals surface area contributed by atoms with E-state index in [1.54, 1.807) is 6.07 Å². The van der Waals surface area contributed by atoms with Crippen LogP contribution in [-0.2, 0) is 6.42 Å². The van der Waals surface area contributed by atoms with Gasteiger partial charge >= 0.3 is 0 Å². The zero-order chi connectivity index (χ0) is 11.8. The fourth-order valence-corrected chi connectivity index (χ4v) is 1.68. The molecule has 1 aromatic heterocycles. The lowest BCUT2D eigenvalue weighted by atomic mass is 9.88. The zero-order valence-electron chi connectivity index (χ0n) is 8.89. The number of aromatic nitrogens is 2. The standard InChI is InChI=1S/C10H13F2N3O/c1-2-6-3-8(15-14-6)9(16)13-7-4-10(11,12)5-7/h3,7H,2,4-5H2,1H3,(H,13,16)(H,14,15). The van der Waals surface area contributed by atoms with Crippen molar-refractivity contribution in [2.24, 2.45) is 0 Å². The average molecular weight is 229 g/mol. The number of carbonyl (C=O) groups is 1. The minimum atomic E-state index is -2.61. The second kappa shape index (κ2) is 3.84. The van der Waals surface area contributed by atoms with Crippen LogP contribution in [0.5, 0.6) is 0 Å². The number of rotatable bonds is 3. The number of carbonyl (C=O) groups excluding carboxylic acids is 1. The number of alkyl halides is 2. The Bertz CT molecular complexity index is 395. The van der Waals surface area contributed by atoms with E-state index in [0.29, 0.717) is 0 Å². The monoisotopic (exact) mass is 229 g/mol. The Hall–Kier alpha value is -1.46. The molecule has 0 atom stereocenters. The first-order valence-corrected chi connectivity index (χ1v) is 5.23. The Morgan fingerprint density at radius 2 is 2.38 bits per heavy atom. The van der Waals surface area contributed by atoms with E-state index in [1.165, 1.54) is 0 Å². The van der Waals surface area contributed by atoms with Gasteiger partial charge in [-0.25, -0.2) is 8.78 Å². The van der Waals surface area contributed by atoms with Crippen LogP contribution in [0.25, 0.3) is 0 Å². The van der Waals surface area contributed by atoms with E-state index in [9.17, 15) is 13.6 Å². The van der Waals surface area contributed by atoms with E-state index in [4.69, 9.17) is 0 Å². The van der Waals surface area contributed by atoms with Gasteiger partial charge in [-0.05, 0) is 12.5 Å². The Kier molecular flexibility index (Phi) is 2.65. The molecule has 0 saturated heterocycles. The van der Waals surface area contributed by atoms with Crippen LogP contribution in [0.4, 0.5) is 8.78 Å². The third-order valence-corrected chi connectivity index (χ3v) is 2.67. The number of nitrogens with zero attached hydrogens (tertiary/aromatic N) is 1. The molecule has 0 aliphatic heterocycles. The Labute approximate surface area is 91.4 Å². The van der Waals surface area contributed by atoms with Crippen LogP contribution in [-0.4, -0.2) is 28.1 Å². The number of halogens is 2. The minimum absolute atomic E-state index is 0.257. The van der Waals surface area contributed by atoms with Gasteiger partial charge in [0.25, 0.3) is 11.8 Å². The van der Waals surface area contributed by atoms with Crippen molar-refractivity contribution in [2.75, 3.05) is 0 Å². The second-order valence-corrected chi connectivity index (χ2v) is 4.07. The summed E-state index contributed by atoms with van der Waals surface area (Å²) in [5.74, 6) is -3.01. The summed E-state index contributed by atoms with van der Waals surface area (Å²) in [6, 6.07) is 1.20. The van der Waals surface area contributed by atoms with E-state index in [0.717, 1.165) is 12.1 Å². The topological polar surface area (TPSA) is 57.8 Å². The van der Waals surface area contributed by atoms with E-state index < -0.39 is 17.9 Å². The number of aryl methyl sites for hydroxylation is 1. The molecule has 1 saturated carbocycles. The highest BCUT2D eigenvalue weighted by atomic mass is 19.3. The van der Waals surface area contributed by atoms with E-state index in [1.807, 2.05) is 6.92 Å². The maximum atomic E-state index is 12.5. The Morgan fingerprint density at radius 1 is 1.69 bits per heavy atom. The fraction of sp³-hybridized carbons (Fsp3) is 0.600. The van der Waals surface area contributed by atoms with Crippen molar-refractivity contribution in [3.8, 4) is 0 Å². The molecule has 1 aliphatic carbocycles. The summed E-state index contributed by atoms with van der Waals surface area (Å²) in [6.07, 6.45) is 0.204. The van der Waals surface area contributed by atoms with Gasteiger partial charge in [0, 0.05) is 24.6 Å². The van der Waals surface area contributed by atoms with Crippen LogP contribution in [0.3, 0.4) is 0 Å². The maximum Gasteiger partial charge on any atom is 0.272 e. The number of nitrogens with one attached hydrogen (secondary N) is 2. The Balaban J connectivity index is 1.89.